The van der Waals surface area contributed by atoms with Crippen LogP contribution in [0.25, 0.3) is 0 Å². The average molecular weight is 170 g/mol. The molecule has 0 saturated carbocycles. The number of aromatic nitrogens is 1. The van der Waals surface area contributed by atoms with Crippen molar-refractivity contribution in [1.82, 2.24) is 10.5 Å². The van der Waals surface area contributed by atoms with Gasteiger partial charge in [0.05, 0.1) is 6.54 Å². The lowest BCUT2D eigenvalue weighted by molar-refractivity contribution is -0.124. The number of nitrogens with zero attached hydrogens (tertiary/aromatic N) is 1. The molecule has 12 heavy (non-hydrogen) atoms. The fraction of sp³-hybridized carbons (Fsp3) is 0.429. The number of hydrogen-bond donors (Lipinski definition) is 1. The van der Waals surface area contributed by atoms with Gasteiger partial charge in [-0.2, -0.15) is 0 Å². The normalized spacial score (nSPS) is 9.75. The molecule has 5 heteroatoms. The molecule has 0 unspecified atom stereocenters. The summed E-state index contributed by atoms with van der Waals surface area (Å²) in [7, 11) is 1.47. The summed E-state index contributed by atoms with van der Waals surface area (Å²) in [6, 6.07) is 1.69. The lowest BCUT2D eigenvalue weighted by Gasteiger charge is -1.99. The molecule has 0 aliphatic heterocycles. The molecule has 1 aromatic heterocycles. The number of carbonyl (C=O) groups excluding carboxylic acids is 1. The Balaban J connectivity index is 2.22. The zero-order valence-electron chi connectivity index (χ0n) is 6.74. The minimum atomic E-state index is -0.166. The van der Waals surface area contributed by atoms with Crippen LogP contribution in [0, 0.1) is 0 Å². The first-order valence-electron chi connectivity index (χ1n) is 3.48. The van der Waals surface area contributed by atoms with Crippen LogP contribution in [0.3, 0.4) is 0 Å². The van der Waals surface area contributed by atoms with Crippen LogP contribution in [-0.4, -0.2) is 24.8 Å². The highest BCUT2D eigenvalue weighted by Gasteiger charge is 2.00. The Bertz CT molecular complexity index is 233. The minimum Gasteiger partial charge on any atom is -0.375 e. The monoisotopic (exact) mass is 170 g/mol. The number of nitrogens with one attached hydrogen (secondary N) is 1. The molecule has 0 radical (unpaired) electrons. The van der Waals surface area contributed by atoms with Crippen molar-refractivity contribution >= 4 is 5.91 Å². The van der Waals surface area contributed by atoms with E-state index in [1.54, 1.807) is 6.07 Å². The Morgan fingerprint density at radius 1 is 1.83 bits per heavy atom. The molecule has 66 valence electrons. The van der Waals surface area contributed by atoms with E-state index in [-0.39, 0.29) is 12.5 Å². The van der Waals surface area contributed by atoms with Crippen molar-refractivity contribution < 1.29 is 14.1 Å². The van der Waals surface area contributed by atoms with E-state index in [4.69, 9.17) is 0 Å². The van der Waals surface area contributed by atoms with E-state index < -0.39 is 0 Å². The SMILES string of the molecule is COCC(=O)NCc1ccon1. The number of ether oxygens (including phenoxy) is 1. The van der Waals surface area contributed by atoms with Gasteiger partial charge in [0.25, 0.3) is 0 Å². The Hall–Kier alpha value is -1.36. The molecule has 0 aromatic carbocycles. The molecule has 1 aromatic rings. The minimum absolute atomic E-state index is 0.0673. The van der Waals surface area contributed by atoms with Gasteiger partial charge >= 0.3 is 0 Å². The maximum absolute atomic E-state index is 10.8. The molecule has 0 bridgehead atoms. The van der Waals surface area contributed by atoms with Crippen molar-refractivity contribution in [1.29, 1.82) is 0 Å². The van der Waals surface area contributed by atoms with Crippen LogP contribution in [0.2, 0.25) is 0 Å². The van der Waals surface area contributed by atoms with E-state index >= 15 is 0 Å². The first kappa shape index (κ1) is 8.73. The second-order valence-corrected chi connectivity index (χ2v) is 2.20. The summed E-state index contributed by atoms with van der Waals surface area (Å²) >= 11 is 0. The number of hydrogen-bond acceptors (Lipinski definition) is 4. The Morgan fingerprint density at radius 3 is 3.25 bits per heavy atom. The quantitative estimate of drug-likeness (QED) is 0.687. The first-order chi connectivity index (χ1) is 5.83. The number of rotatable bonds is 4. The van der Waals surface area contributed by atoms with Crippen molar-refractivity contribution in [2.24, 2.45) is 0 Å². The van der Waals surface area contributed by atoms with Gasteiger partial charge in [-0.05, 0) is 0 Å². The summed E-state index contributed by atoms with van der Waals surface area (Å²) in [5.41, 5.74) is 0.694. The van der Waals surface area contributed by atoms with Crippen LogP contribution >= 0.6 is 0 Å². The largest absolute Gasteiger partial charge is 0.375 e. The highest BCUT2D eigenvalue weighted by atomic mass is 16.5. The van der Waals surface area contributed by atoms with Crippen molar-refractivity contribution in [2.45, 2.75) is 6.54 Å². The van der Waals surface area contributed by atoms with Gasteiger partial charge in [0.1, 0.15) is 18.6 Å². The molecule has 0 aliphatic rings. The van der Waals surface area contributed by atoms with Crippen molar-refractivity contribution in [2.75, 3.05) is 13.7 Å². The predicted octanol–water partition coefficient (Wildman–Crippen LogP) is -0.0628. The van der Waals surface area contributed by atoms with E-state index in [0.29, 0.717) is 12.2 Å². The lowest BCUT2D eigenvalue weighted by Crippen LogP contribution is -2.26. The van der Waals surface area contributed by atoms with E-state index in [1.807, 2.05) is 0 Å². The molecule has 0 spiro atoms. The van der Waals surface area contributed by atoms with Crippen LogP contribution in [0.5, 0.6) is 0 Å². The molecule has 1 N–H and O–H groups in total. The molecule has 5 nitrogen and oxygen atoms in total. The van der Waals surface area contributed by atoms with Crippen molar-refractivity contribution in [3.63, 3.8) is 0 Å². The number of methoxy groups -OCH3 is 1. The van der Waals surface area contributed by atoms with Gasteiger partial charge < -0.3 is 14.6 Å². The summed E-state index contributed by atoms with van der Waals surface area (Å²) < 4.78 is 9.19. The number of amides is 1. The van der Waals surface area contributed by atoms with Gasteiger partial charge in [-0.15, -0.1) is 0 Å². The van der Waals surface area contributed by atoms with Crippen molar-refractivity contribution in [3.8, 4) is 0 Å². The van der Waals surface area contributed by atoms with Gasteiger partial charge in [0.15, 0.2) is 0 Å². The van der Waals surface area contributed by atoms with E-state index in [1.165, 1.54) is 13.4 Å². The predicted molar refractivity (Wildman–Crippen MR) is 40.2 cm³/mol. The van der Waals surface area contributed by atoms with Crippen molar-refractivity contribution in [3.05, 3.63) is 18.0 Å². The van der Waals surface area contributed by atoms with Crippen LogP contribution < -0.4 is 5.32 Å². The molecule has 1 amide bonds. The molecule has 1 heterocycles. The molecule has 0 aliphatic carbocycles. The second kappa shape index (κ2) is 4.50. The summed E-state index contributed by atoms with van der Waals surface area (Å²) in [5, 5.41) is 6.22. The van der Waals surface area contributed by atoms with E-state index in [9.17, 15) is 4.79 Å². The van der Waals surface area contributed by atoms with Gasteiger partial charge in [-0.1, -0.05) is 5.16 Å². The summed E-state index contributed by atoms with van der Waals surface area (Å²) in [4.78, 5) is 10.8. The van der Waals surface area contributed by atoms with Gasteiger partial charge in [0.2, 0.25) is 5.91 Å². The van der Waals surface area contributed by atoms with Crippen LogP contribution in [0.1, 0.15) is 5.69 Å². The standard InChI is InChI=1S/C7H10N2O3/c1-11-5-7(10)8-4-6-2-3-12-9-6/h2-3H,4-5H2,1H3,(H,8,10). The molecular weight excluding hydrogens is 160 g/mol. The average Bonchev–Trinajstić information content (AvgIpc) is 2.53. The smallest absolute Gasteiger partial charge is 0.246 e. The molecule has 0 fully saturated rings. The van der Waals surface area contributed by atoms with Gasteiger partial charge in [-0.3, -0.25) is 4.79 Å². The Kier molecular flexibility index (Phi) is 3.28. The zero-order chi connectivity index (χ0) is 8.81. The fourth-order valence-electron chi connectivity index (χ4n) is 0.700. The molecule has 1 rings (SSSR count). The maximum atomic E-state index is 10.8. The van der Waals surface area contributed by atoms with Crippen LogP contribution in [-0.2, 0) is 16.1 Å². The summed E-state index contributed by atoms with van der Waals surface area (Å²) in [6.07, 6.45) is 1.46. The van der Waals surface area contributed by atoms with Gasteiger partial charge in [-0.25, -0.2) is 0 Å². The fourth-order valence-corrected chi connectivity index (χ4v) is 0.700. The zero-order valence-corrected chi connectivity index (χ0v) is 6.74. The van der Waals surface area contributed by atoms with Crippen LogP contribution in [0.4, 0.5) is 0 Å². The summed E-state index contributed by atoms with van der Waals surface area (Å²) in [5.74, 6) is -0.166. The third-order valence-corrected chi connectivity index (χ3v) is 1.23. The lowest BCUT2D eigenvalue weighted by atomic mass is 10.4. The summed E-state index contributed by atoms with van der Waals surface area (Å²) in [6.45, 7) is 0.441. The third kappa shape index (κ3) is 2.71. The van der Waals surface area contributed by atoms with Gasteiger partial charge in [0, 0.05) is 13.2 Å². The topological polar surface area (TPSA) is 64.4 Å². The molecule has 0 saturated heterocycles. The maximum Gasteiger partial charge on any atom is 0.246 e. The van der Waals surface area contributed by atoms with E-state index in [2.05, 4.69) is 19.7 Å². The second-order valence-electron chi connectivity index (χ2n) is 2.20. The van der Waals surface area contributed by atoms with E-state index in [0.717, 1.165) is 0 Å². The molecule has 0 atom stereocenters. The number of carbonyl (C=O) groups is 1. The highest BCUT2D eigenvalue weighted by molar-refractivity contribution is 5.77. The highest BCUT2D eigenvalue weighted by Crippen LogP contribution is 1.92. The van der Waals surface area contributed by atoms with Crippen LogP contribution in [0.15, 0.2) is 16.9 Å². The molecular formula is C7H10N2O3. The first-order valence-corrected chi connectivity index (χ1v) is 3.48. The third-order valence-electron chi connectivity index (χ3n) is 1.23. The Morgan fingerprint density at radius 2 is 2.67 bits per heavy atom. The Labute approximate surface area is 69.7 Å².